The van der Waals surface area contributed by atoms with E-state index in [2.05, 4.69) is 52.7 Å². The van der Waals surface area contributed by atoms with Gasteiger partial charge in [-0.3, -0.25) is 0 Å². The van der Waals surface area contributed by atoms with E-state index in [9.17, 15) is 5.11 Å². The van der Waals surface area contributed by atoms with Crippen LogP contribution in [0.5, 0.6) is 11.5 Å². The number of phenolic OH excluding ortho intramolecular Hbond substituents is 1. The molecule has 1 aliphatic rings. The minimum atomic E-state index is 0.235. The maximum Gasteiger partial charge on any atom is 0.226 e. The molecule has 4 nitrogen and oxygen atoms in total. The molecule has 3 aromatic rings. The van der Waals surface area contributed by atoms with Crippen molar-refractivity contribution in [1.29, 1.82) is 0 Å². The predicted octanol–water partition coefficient (Wildman–Crippen LogP) is 5.70. The highest BCUT2D eigenvalue weighted by atomic mass is 127. The average Bonchev–Trinajstić information content (AvgIpc) is 3.32. The van der Waals surface area contributed by atoms with Crippen molar-refractivity contribution in [2.45, 2.75) is 38.5 Å². The molecule has 1 aliphatic carbocycles. The van der Waals surface area contributed by atoms with Crippen molar-refractivity contribution in [2.75, 3.05) is 11.0 Å². The summed E-state index contributed by atoms with van der Waals surface area (Å²) in [5, 5.41) is 9.45. The van der Waals surface area contributed by atoms with E-state index in [-0.39, 0.29) is 5.75 Å². The number of hydrogen-bond donors (Lipinski definition) is 1. The normalized spacial score (nSPS) is 15.6. The Morgan fingerprint density at radius 2 is 2.04 bits per heavy atom. The number of oxazole rings is 1. The molecule has 1 N–H and O–H groups in total. The fourth-order valence-electron chi connectivity index (χ4n) is 3.78. The van der Waals surface area contributed by atoms with E-state index in [4.69, 9.17) is 9.15 Å². The molecule has 28 heavy (non-hydrogen) atoms. The standard InChI is InChI=1S/C23H24INO3/c1-2-22-21(25-23(28-22)15-5-7-18(26)8-6-15)11-12-27-19-9-10-20-16(13-19)3-4-17(20)14-24/h5-10,13,17,26H,2-4,11-12,14H2,1H3. The van der Waals surface area contributed by atoms with E-state index < -0.39 is 0 Å². The summed E-state index contributed by atoms with van der Waals surface area (Å²) in [6, 6.07) is 13.4. The second-order valence-electron chi connectivity index (χ2n) is 7.14. The molecular formula is C23H24INO3. The van der Waals surface area contributed by atoms with Gasteiger partial charge in [0.1, 0.15) is 17.3 Å². The first kappa shape index (κ1) is 19.3. The quantitative estimate of drug-likeness (QED) is 0.342. The van der Waals surface area contributed by atoms with E-state index in [1.807, 2.05) is 12.1 Å². The highest BCUT2D eigenvalue weighted by molar-refractivity contribution is 14.1. The maximum atomic E-state index is 9.45. The lowest BCUT2D eigenvalue weighted by Crippen LogP contribution is -2.04. The minimum Gasteiger partial charge on any atom is -0.508 e. The topological polar surface area (TPSA) is 55.5 Å². The molecule has 2 aromatic carbocycles. The number of hydrogen-bond acceptors (Lipinski definition) is 4. The van der Waals surface area contributed by atoms with Crippen LogP contribution in [0.1, 0.15) is 41.8 Å². The molecule has 1 unspecified atom stereocenters. The van der Waals surface area contributed by atoms with Crippen LogP contribution in [-0.2, 0) is 19.3 Å². The third-order valence-electron chi connectivity index (χ3n) is 5.32. The lowest BCUT2D eigenvalue weighted by atomic mass is 10.0. The SMILES string of the molecule is CCc1oc(-c2ccc(O)cc2)nc1CCOc1ccc2c(c1)CCC2CI. The number of nitrogens with zero attached hydrogens (tertiary/aromatic N) is 1. The number of alkyl halides is 1. The van der Waals surface area contributed by atoms with Gasteiger partial charge in [0, 0.05) is 22.8 Å². The Balaban J connectivity index is 1.42. The number of aromatic hydroxyl groups is 1. The molecule has 4 rings (SSSR count). The molecule has 146 valence electrons. The van der Waals surface area contributed by atoms with Crippen molar-refractivity contribution in [1.82, 2.24) is 4.98 Å². The monoisotopic (exact) mass is 489 g/mol. The number of fused-ring (bicyclic) bond motifs is 1. The number of phenols is 1. The van der Waals surface area contributed by atoms with E-state index in [1.54, 1.807) is 12.1 Å². The van der Waals surface area contributed by atoms with Crippen molar-refractivity contribution < 1.29 is 14.3 Å². The van der Waals surface area contributed by atoms with Crippen LogP contribution in [0.15, 0.2) is 46.9 Å². The molecule has 0 spiro atoms. The number of halogens is 1. The summed E-state index contributed by atoms with van der Waals surface area (Å²) in [5.41, 5.74) is 4.73. The molecular weight excluding hydrogens is 465 g/mol. The third kappa shape index (κ3) is 4.04. The first-order valence-corrected chi connectivity index (χ1v) is 11.3. The van der Waals surface area contributed by atoms with Gasteiger partial charge in [-0.1, -0.05) is 35.6 Å². The Bertz CT molecular complexity index is 949. The summed E-state index contributed by atoms with van der Waals surface area (Å²) in [7, 11) is 0. The largest absolute Gasteiger partial charge is 0.508 e. The molecule has 0 saturated carbocycles. The number of aryl methyl sites for hydroxylation is 2. The zero-order valence-corrected chi connectivity index (χ0v) is 18.1. The van der Waals surface area contributed by atoms with Crippen molar-refractivity contribution in [2.24, 2.45) is 0 Å². The molecule has 1 atom stereocenters. The van der Waals surface area contributed by atoms with Crippen LogP contribution in [0, 0.1) is 0 Å². The van der Waals surface area contributed by atoms with Crippen molar-refractivity contribution in [3.63, 3.8) is 0 Å². The Labute approximate surface area is 179 Å². The Morgan fingerprint density at radius 1 is 1.21 bits per heavy atom. The van der Waals surface area contributed by atoms with Crippen molar-refractivity contribution in [3.8, 4) is 23.0 Å². The molecule has 1 aromatic heterocycles. The fourth-order valence-corrected chi connectivity index (χ4v) is 4.69. The molecule has 0 radical (unpaired) electrons. The second kappa shape index (κ2) is 8.55. The van der Waals surface area contributed by atoms with Gasteiger partial charge in [-0.15, -0.1) is 0 Å². The summed E-state index contributed by atoms with van der Waals surface area (Å²) < 4.78 is 13.1. The lowest BCUT2D eigenvalue weighted by Gasteiger charge is -2.10. The van der Waals surface area contributed by atoms with E-state index in [0.29, 0.717) is 24.8 Å². The summed E-state index contributed by atoms with van der Waals surface area (Å²) in [5.74, 6) is 3.36. The summed E-state index contributed by atoms with van der Waals surface area (Å²) in [4.78, 5) is 4.66. The number of benzene rings is 2. The van der Waals surface area contributed by atoms with Crippen molar-refractivity contribution >= 4 is 22.6 Å². The molecule has 0 amide bonds. The van der Waals surface area contributed by atoms with Gasteiger partial charge in [-0.25, -0.2) is 4.98 Å². The van der Waals surface area contributed by atoms with Crippen LogP contribution in [-0.4, -0.2) is 21.1 Å². The summed E-state index contributed by atoms with van der Waals surface area (Å²) >= 11 is 2.48. The highest BCUT2D eigenvalue weighted by Gasteiger charge is 2.21. The van der Waals surface area contributed by atoms with E-state index in [0.717, 1.165) is 35.6 Å². The number of ether oxygens (including phenoxy) is 1. The summed E-state index contributed by atoms with van der Waals surface area (Å²) in [6.45, 7) is 2.64. The average molecular weight is 489 g/mol. The van der Waals surface area contributed by atoms with Crippen LogP contribution in [0.2, 0.25) is 0 Å². The van der Waals surface area contributed by atoms with Crippen LogP contribution in [0.3, 0.4) is 0 Å². The zero-order chi connectivity index (χ0) is 19.5. The van der Waals surface area contributed by atoms with Gasteiger partial charge < -0.3 is 14.3 Å². The minimum absolute atomic E-state index is 0.235. The number of rotatable bonds is 7. The first-order chi connectivity index (χ1) is 13.7. The van der Waals surface area contributed by atoms with Crippen LogP contribution in [0.25, 0.3) is 11.5 Å². The molecule has 0 aliphatic heterocycles. The molecule has 1 heterocycles. The van der Waals surface area contributed by atoms with Gasteiger partial charge in [0.15, 0.2) is 0 Å². The lowest BCUT2D eigenvalue weighted by molar-refractivity contribution is 0.319. The second-order valence-corrected chi connectivity index (χ2v) is 8.02. The van der Waals surface area contributed by atoms with Crippen LogP contribution >= 0.6 is 22.6 Å². The fraction of sp³-hybridized carbons (Fsp3) is 0.348. The summed E-state index contributed by atoms with van der Waals surface area (Å²) in [6.07, 6.45) is 3.90. The van der Waals surface area contributed by atoms with Crippen molar-refractivity contribution in [3.05, 3.63) is 65.0 Å². The Kier molecular flexibility index (Phi) is 5.90. The van der Waals surface area contributed by atoms with Gasteiger partial charge in [0.05, 0.1) is 12.3 Å². The Morgan fingerprint density at radius 3 is 2.79 bits per heavy atom. The van der Waals surface area contributed by atoms with E-state index >= 15 is 0 Å². The predicted molar refractivity (Wildman–Crippen MR) is 119 cm³/mol. The highest BCUT2D eigenvalue weighted by Crippen LogP contribution is 2.36. The molecule has 0 fully saturated rings. The third-order valence-corrected chi connectivity index (χ3v) is 6.39. The molecule has 0 bridgehead atoms. The van der Waals surface area contributed by atoms with Gasteiger partial charge in [0.2, 0.25) is 5.89 Å². The maximum absolute atomic E-state index is 9.45. The van der Waals surface area contributed by atoms with Gasteiger partial charge >= 0.3 is 0 Å². The first-order valence-electron chi connectivity index (χ1n) is 9.77. The smallest absolute Gasteiger partial charge is 0.226 e. The van der Waals surface area contributed by atoms with Crippen LogP contribution in [0.4, 0.5) is 0 Å². The molecule has 5 heteroatoms. The van der Waals surface area contributed by atoms with E-state index in [1.165, 1.54) is 22.0 Å². The van der Waals surface area contributed by atoms with Gasteiger partial charge in [-0.2, -0.15) is 0 Å². The zero-order valence-electron chi connectivity index (χ0n) is 16.0. The molecule has 0 saturated heterocycles. The number of aromatic nitrogens is 1. The van der Waals surface area contributed by atoms with Gasteiger partial charge in [0.25, 0.3) is 0 Å². The van der Waals surface area contributed by atoms with Gasteiger partial charge in [-0.05, 0) is 66.3 Å². The Hall–Kier alpha value is -2.02. The van der Waals surface area contributed by atoms with Crippen LogP contribution < -0.4 is 4.74 Å².